The fourth-order valence-corrected chi connectivity index (χ4v) is 5.43. The van der Waals surface area contributed by atoms with Crippen LogP contribution in [0.1, 0.15) is 56.1 Å². The molecule has 154 valence electrons. The molecule has 2 aliphatic rings. The lowest BCUT2D eigenvalue weighted by atomic mass is 9.69. The second-order valence-corrected chi connectivity index (χ2v) is 8.85. The Morgan fingerprint density at radius 3 is 2.41 bits per heavy atom. The van der Waals surface area contributed by atoms with Gasteiger partial charge < -0.3 is 0 Å². The second-order valence-electron chi connectivity index (χ2n) is 8.85. The van der Waals surface area contributed by atoms with E-state index >= 15 is 0 Å². The summed E-state index contributed by atoms with van der Waals surface area (Å²) in [7, 11) is 0. The average Bonchev–Trinajstić information content (AvgIpc) is 2.74. The Morgan fingerprint density at radius 2 is 1.66 bits per heavy atom. The van der Waals surface area contributed by atoms with Crippen LogP contribution in [-0.4, -0.2) is 0 Å². The molecule has 1 saturated carbocycles. The van der Waals surface area contributed by atoms with Gasteiger partial charge in [0, 0.05) is 11.1 Å². The molecule has 2 aromatic carbocycles. The molecule has 1 fully saturated rings. The highest BCUT2D eigenvalue weighted by atomic mass is 19.2. The highest BCUT2D eigenvalue weighted by Gasteiger charge is 2.30. The van der Waals surface area contributed by atoms with Gasteiger partial charge in [-0.3, -0.25) is 0 Å². The first kappa shape index (κ1) is 20.3. The van der Waals surface area contributed by atoms with Crippen LogP contribution in [0.15, 0.2) is 43.0 Å². The van der Waals surface area contributed by atoms with E-state index in [1.807, 2.05) is 6.08 Å². The smallest absolute Gasteiger partial charge is 0.166 e. The molecule has 29 heavy (non-hydrogen) atoms. The number of allylic oxidation sites excluding steroid dienone is 1. The average molecular weight is 399 g/mol. The first-order chi connectivity index (χ1) is 14.1. The second kappa shape index (κ2) is 8.77. The Balaban J connectivity index is 1.48. The van der Waals surface area contributed by atoms with E-state index in [9.17, 15) is 13.2 Å². The molecule has 0 amide bonds. The van der Waals surface area contributed by atoms with Gasteiger partial charge in [0.25, 0.3) is 0 Å². The zero-order valence-electron chi connectivity index (χ0n) is 16.9. The lowest BCUT2D eigenvalue weighted by Crippen LogP contribution is -2.26. The van der Waals surface area contributed by atoms with E-state index in [1.54, 1.807) is 12.1 Å². The van der Waals surface area contributed by atoms with Crippen molar-refractivity contribution in [3.63, 3.8) is 0 Å². The molecule has 2 aromatic rings. The summed E-state index contributed by atoms with van der Waals surface area (Å²) in [5.41, 5.74) is 2.31. The van der Waals surface area contributed by atoms with E-state index in [0.29, 0.717) is 5.92 Å². The van der Waals surface area contributed by atoms with Crippen molar-refractivity contribution >= 4 is 0 Å². The minimum atomic E-state index is -0.978. The van der Waals surface area contributed by atoms with E-state index in [2.05, 4.69) is 6.58 Å². The third-order valence-electron chi connectivity index (χ3n) is 7.13. The van der Waals surface area contributed by atoms with Gasteiger partial charge in [0.2, 0.25) is 0 Å². The summed E-state index contributed by atoms with van der Waals surface area (Å²) in [5.74, 6) is -0.203. The molecule has 0 N–H and O–H groups in total. The SMILES string of the molecule is C=CCCC1CCC(C2CCc3cc(-c4cccc(F)c4F)c(F)cc3C2)CC1. The van der Waals surface area contributed by atoms with Crippen LogP contribution in [0, 0.1) is 35.2 Å². The number of fused-ring (bicyclic) bond motifs is 1. The maximum atomic E-state index is 14.8. The van der Waals surface area contributed by atoms with Crippen molar-refractivity contribution < 1.29 is 13.2 Å². The summed E-state index contributed by atoms with van der Waals surface area (Å²) in [6, 6.07) is 7.24. The maximum Gasteiger partial charge on any atom is 0.166 e. The molecule has 0 saturated heterocycles. The molecule has 3 heteroatoms. The monoisotopic (exact) mass is 398 g/mol. The van der Waals surface area contributed by atoms with Crippen LogP contribution in [0.25, 0.3) is 11.1 Å². The predicted octanol–water partition coefficient (Wildman–Crippen LogP) is 7.65. The zero-order valence-corrected chi connectivity index (χ0v) is 16.9. The van der Waals surface area contributed by atoms with Crippen molar-refractivity contribution in [2.75, 3.05) is 0 Å². The number of benzene rings is 2. The van der Waals surface area contributed by atoms with Crippen molar-refractivity contribution in [1.29, 1.82) is 0 Å². The quantitative estimate of drug-likeness (QED) is 0.454. The Hall–Kier alpha value is -2.03. The topological polar surface area (TPSA) is 0 Å². The Morgan fingerprint density at radius 1 is 0.862 bits per heavy atom. The Labute approximate surface area is 171 Å². The molecule has 0 radical (unpaired) electrons. The highest BCUT2D eigenvalue weighted by molar-refractivity contribution is 5.66. The van der Waals surface area contributed by atoms with Crippen molar-refractivity contribution in [3.8, 4) is 11.1 Å². The van der Waals surface area contributed by atoms with Gasteiger partial charge >= 0.3 is 0 Å². The molecule has 1 atom stereocenters. The largest absolute Gasteiger partial charge is 0.206 e. The molecule has 4 rings (SSSR count). The standard InChI is InChI=1S/C26H29F3/c1-2-3-5-17-8-10-18(11-9-17)19-12-13-20-15-23(25(28)16-21(20)14-19)22-6-4-7-24(27)26(22)29/h2,4,6-7,15-19H,1,3,5,8-14H2. The predicted molar refractivity (Wildman–Crippen MR) is 112 cm³/mol. The van der Waals surface area contributed by atoms with E-state index in [-0.39, 0.29) is 11.1 Å². The summed E-state index contributed by atoms with van der Waals surface area (Å²) in [4.78, 5) is 0. The summed E-state index contributed by atoms with van der Waals surface area (Å²) in [6.45, 7) is 3.83. The third kappa shape index (κ3) is 4.29. The molecule has 1 unspecified atom stereocenters. The normalized spacial score (nSPS) is 24.2. The van der Waals surface area contributed by atoms with Crippen LogP contribution in [0.2, 0.25) is 0 Å². The molecular formula is C26H29F3. The van der Waals surface area contributed by atoms with Gasteiger partial charge in [0.15, 0.2) is 11.6 Å². The molecule has 2 aliphatic carbocycles. The molecule has 0 aromatic heterocycles. The maximum absolute atomic E-state index is 14.8. The third-order valence-corrected chi connectivity index (χ3v) is 7.13. The molecule has 0 heterocycles. The minimum absolute atomic E-state index is 0.00488. The van der Waals surface area contributed by atoms with Gasteiger partial charge in [-0.2, -0.15) is 0 Å². The van der Waals surface area contributed by atoms with E-state index in [0.717, 1.165) is 54.7 Å². The van der Waals surface area contributed by atoms with Gasteiger partial charge in [-0.25, -0.2) is 13.2 Å². The van der Waals surface area contributed by atoms with Gasteiger partial charge in [-0.15, -0.1) is 6.58 Å². The number of aryl methyl sites for hydroxylation is 1. The number of halogens is 3. The van der Waals surface area contributed by atoms with Crippen LogP contribution in [0.4, 0.5) is 13.2 Å². The molecule has 0 spiro atoms. The lowest BCUT2D eigenvalue weighted by molar-refractivity contribution is 0.185. The molecule has 0 nitrogen and oxygen atoms in total. The summed E-state index contributed by atoms with van der Waals surface area (Å²) in [6.07, 6.45) is 12.4. The summed E-state index contributed by atoms with van der Waals surface area (Å²) < 4.78 is 42.6. The van der Waals surface area contributed by atoms with Crippen LogP contribution in [0.3, 0.4) is 0 Å². The van der Waals surface area contributed by atoms with Gasteiger partial charge in [-0.05, 0) is 92.0 Å². The van der Waals surface area contributed by atoms with Crippen molar-refractivity contribution in [1.82, 2.24) is 0 Å². The van der Waals surface area contributed by atoms with Crippen molar-refractivity contribution in [2.45, 2.75) is 57.8 Å². The van der Waals surface area contributed by atoms with Crippen LogP contribution in [0.5, 0.6) is 0 Å². The molecule has 0 bridgehead atoms. The van der Waals surface area contributed by atoms with Crippen LogP contribution >= 0.6 is 0 Å². The Kier molecular flexibility index (Phi) is 6.12. The number of hydrogen-bond acceptors (Lipinski definition) is 0. The fourth-order valence-electron chi connectivity index (χ4n) is 5.43. The first-order valence-electron chi connectivity index (χ1n) is 10.9. The van der Waals surface area contributed by atoms with Crippen molar-refractivity contribution in [3.05, 3.63) is 71.6 Å². The minimum Gasteiger partial charge on any atom is -0.206 e. The number of rotatable bonds is 5. The van der Waals surface area contributed by atoms with Gasteiger partial charge in [0.1, 0.15) is 5.82 Å². The summed E-state index contributed by atoms with van der Waals surface area (Å²) in [5, 5.41) is 0. The van der Waals surface area contributed by atoms with E-state index in [1.165, 1.54) is 44.2 Å². The van der Waals surface area contributed by atoms with Crippen LogP contribution < -0.4 is 0 Å². The van der Waals surface area contributed by atoms with Crippen molar-refractivity contribution in [2.24, 2.45) is 17.8 Å². The van der Waals surface area contributed by atoms with Gasteiger partial charge in [0.05, 0.1) is 0 Å². The zero-order chi connectivity index (χ0) is 20.4. The summed E-state index contributed by atoms with van der Waals surface area (Å²) >= 11 is 0. The fraction of sp³-hybridized carbons (Fsp3) is 0.462. The molecule has 0 aliphatic heterocycles. The van der Waals surface area contributed by atoms with E-state index in [4.69, 9.17) is 0 Å². The Bertz CT molecular complexity index is 878. The highest BCUT2D eigenvalue weighted by Crippen LogP contribution is 2.41. The first-order valence-corrected chi connectivity index (χ1v) is 10.9. The lowest BCUT2D eigenvalue weighted by Gasteiger charge is -2.36. The number of hydrogen-bond donors (Lipinski definition) is 0. The van der Waals surface area contributed by atoms with Crippen LogP contribution in [-0.2, 0) is 12.8 Å². The van der Waals surface area contributed by atoms with E-state index < -0.39 is 17.5 Å². The van der Waals surface area contributed by atoms with Gasteiger partial charge in [-0.1, -0.05) is 31.1 Å². The molecular weight excluding hydrogens is 369 g/mol.